The highest BCUT2D eigenvalue weighted by Gasteiger charge is 2.24. The molecule has 0 aliphatic carbocycles. The van der Waals surface area contributed by atoms with Crippen LogP contribution in [0.1, 0.15) is 0 Å². The third kappa shape index (κ3) is 2.06. The second kappa shape index (κ2) is 3.25. The predicted molar refractivity (Wildman–Crippen MR) is 43.0 cm³/mol. The van der Waals surface area contributed by atoms with E-state index in [1.54, 1.807) is 6.08 Å². The van der Waals surface area contributed by atoms with E-state index in [-0.39, 0.29) is 6.79 Å². The number of quaternary nitrogens is 1. The van der Waals surface area contributed by atoms with Crippen LogP contribution in [0, 0.1) is 0 Å². The quantitative estimate of drug-likeness (QED) is 0.438. The summed E-state index contributed by atoms with van der Waals surface area (Å²) >= 11 is 0. The molecule has 1 rings (SSSR count). The molecule has 0 bridgehead atoms. The van der Waals surface area contributed by atoms with Crippen molar-refractivity contribution in [3.8, 4) is 0 Å². The van der Waals surface area contributed by atoms with Crippen molar-refractivity contribution in [3.05, 3.63) is 12.0 Å². The van der Waals surface area contributed by atoms with Gasteiger partial charge >= 0.3 is 0 Å². The average Bonchev–Trinajstić information content (AvgIpc) is 2.03. The van der Waals surface area contributed by atoms with Crippen molar-refractivity contribution in [3.63, 3.8) is 0 Å². The first kappa shape index (κ1) is 9.22. The van der Waals surface area contributed by atoms with Gasteiger partial charge < -0.3 is 14.3 Å². The van der Waals surface area contributed by atoms with Crippen LogP contribution in [0.25, 0.3) is 0 Å². The van der Waals surface area contributed by atoms with Crippen LogP contribution in [0.15, 0.2) is 12.0 Å². The maximum atomic E-state index is 10.4. The summed E-state index contributed by atoms with van der Waals surface area (Å²) in [5.41, 5.74) is 0. The first-order valence-corrected chi connectivity index (χ1v) is 3.77. The third-order valence-corrected chi connectivity index (χ3v) is 1.57. The monoisotopic (exact) mass is 172 g/mol. The van der Waals surface area contributed by atoms with E-state index in [0.717, 1.165) is 12.2 Å². The van der Waals surface area contributed by atoms with Gasteiger partial charge in [-0.1, -0.05) is 0 Å². The molecule has 0 spiro atoms. The largest absolute Gasteiger partial charge is 0.425 e. The van der Waals surface area contributed by atoms with Gasteiger partial charge in [0.15, 0.2) is 13.1 Å². The predicted octanol–water partition coefficient (Wildman–Crippen LogP) is 0.106. The molecule has 0 saturated carbocycles. The van der Waals surface area contributed by atoms with Crippen LogP contribution in [0.5, 0.6) is 0 Å². The first-order valence-electron chi connectivity index (χ1n) is 3.77. The Morgan fingerprint density at radius 1 is 1.58 bits per heavy atom. The van der Waals surface area contributed by atoms with E-state index < -0.39 is 6.10 Å². The normalized spacial score (nSPS) is 24.2. The fraction of sp³-hybridized carbons (Fsp3) is 0.625. The lowest BCUT2D eigenvalue weighted by Gasteiger charge is -2.28. The molecule has 0 saturated heterocycles. The summed E-state index contributed by atoms with van der Waals surface area (Å²) < 4.78 is 10.8. The van der Waals surface area contributed by atoms with Crippen molar-refractivity contribution in [1.82, 2.24) is 0 Å². The van der Waals surface area contributed by atoms with Gasteiger partial charge in [-0.25, -0.2) is 0 Å². The van der Waals surface area contributed by atoms with Crippen LogP contribution < -0.4 is 0 Å². The van der Waals surface area contributed by atoms with E-state index in [9.17, 15) is 4.79 Å². The molecule has 0 N–H and O–H groups in total. The third-order valence-electron chi connectivity index (χ3n) is 1.57. The zero-order chi connectivity index (χ0) is 9.19. The van der Waals surface area contributed by atoms with Crippen molar-refractivity contribution in [2.45, 2.75) is 6.10 Å². The lowest BCUT2D eigenvalue weighted by atomic mass is 10.3. The molecule has 0 fully saturated rings. The van der Waals surface area contributed by atoms with Gasteiger partial charge in [-0.05, 0) is 0 Å². The first-order chi connectivity index (χ1) is 5.54. The Morgan fingerprint density at radius 2 is 2.25 bits per heavy atom. The molecular formula is C8H14NO3+. The molecule has 1 heterocycles. The molecule has 0 aromatic heterocycles. The summed E-state index contributed by atoms with van der Waals surface area (Å²) in [4.78, 5) is 10.4. The minimum atomic E-state index is -0.453. The number of ether oxygens (including phenoxy) is 2. The van der Waals surface area contributed by atoms with Gasteiger partial charge in [0, 0.05) is 0 Å². The van der Waals surface area contributed by atoms with Crippen LogP contribution in [-0.2, 0) is 14.3 Å². The summed E-state index contributed by atoms with van der Waals surface area (Å²) in [5.74, 6) is 0.762. The van der Waals surface area contributed by atoms with Gasteiger partial charge in [-0.3, -0.25) is 4.48 Å². The van der Waals surface area contributed by atoms with Gasteiger partial charge in [-0.15, -0.1) is 0 Å². The van der Waals surface area contributed by atoms with Crippen LogP contribution >= 0.6 is 0 Å². The molecule has 4 nitrogen and oxygen atoms in total. The molecule has 0 aromatic rings. The molecule has 1 atom stereocenters. The summed E-state index contributed by atoms with van der Waals surface area (Å²) in [5, 5.41) is 0. The molecule has 68 valence electrons. The lowest BCUT2D eigenvalue weighted by Crippen LogP contribution is -2.38. The maximum Gasteiger partial charge on any atom is 0.291 e. The number of aldehydes is 1. The Kier molecular flexibility index (Phi) is 2.49. The Labute approximate surface area is 72.0 Å². The van der Waals surface area contributed by atoms with Crippen molar-refractivity contribution in [1.29, 1.82) is 0 Å². The van der Waals surface area contributed by atoms with Crippen LogP contribution in [0.2, 0.25) is 0 Å². The number of carbonyl (C=O) groups is 1. The molecule has 1 aliphatic heterocycles. The molecule has 4 heteroatoms. The standard InChI is InChI=1S/C8H14NO3/c1-9(2,3)8-4-7(5-10)11-6-12-8/h4-5,7H,6H2,1-3H3/q+1. The molecule has 1 aliphatic rings. The molecule has 1 unspecified atom stereocenters. The second-order valence-electron chi connectivity index (χ2n) is 3.55. The van der Waals surface area contributed by atoms with Gasteiger partial charge in [-0.2, -0.15) is 0 Å². The zero-order valence-electron chi connectivity index (χ0n) is 7.61. The highest BCUT2D eigenvalue weighted by Crippen LogP contribution is 2.15. The van der Waals surface area contributed by atoms with E-state index in [4.69, 9.17) is 9.47 Å². The Bertz CT molecular complexity index is 205. The molecule has 0 aromatic carbocycles. The highest BCUT2D eigenvalue weighted by molar-refractivity contribution is 5.59. The number of carbonyl (C=O) groups excluding carboxylic acids is 1. The fourth-order valence-corrected chi connectivity index (χ4v) is 0.906. The minimum Gasteiger partial charge on any atom is -0.425 e. The lowest BCUT2D eigenvalue weighted by molar-refractivity contribution is -0.849. The Morgan fingerprint density at radius 3 is 2.75 bits per heavy atom. The zero-order valence-corrected chi connectivity index (χ0v) is 7.61. The second-order valence-corrected chi connectivity index (χ2v) is 3.55. The summed E-state index contributed by atoms with van der Waals surface area (Å²) in [6.07, 6.45) is 2.00. The number of nitrogens with zero attached hydrogens (tertiary/aromatic N) is 1. The van der Waals surface area contributed by atoms with E-state index in [0.29, 0.717) is 4.48 Å². The smallest absolute Gasteiger partial charge is 0.291 e. The maximum absolute atomic E-state index is 10.4. The van der Waals surface area contributed by atoms with E-state index in [2.05, 4.69) is 0 Å². The van der Waals surface area contributed by atoms with Crippen molar-refractivity contribution in [2.24, 2.45) is 0 Å². The topological polar surface area (TPSA) is 35.5 Å². The van der Waals surface area contributed by atoms with Crippen molar-refractivity contribution >= 4 is 6.29 Å². The van der Waals surface area contributed by atoms with E-state index >= 15 is 0 Å². The number of hydrogen-bond acceptors (Lipinski definition) is 3. The van der Waals surface area contributed by atoms with Gasteiger partial charge in [0.1, 0.15) is 6.10 Å². The van der Waals surface area contributed by atoms with Crippen LogP contribution in [0.4, 0.5) is 0 Å². The SMILES string of the molecule is C[N+](C)(C)C1=CC(C=O)OCO1. The Balaban J connectivity index is 2.76. The number of rotatable bonds is 2. The van der Waals surface area contributed by atoms with Crippen LogP contribution in [-0.4, -0.2) is 44.8 Å². The Hall–Kier alpha value is -0.870. The molecule has 0 amide bonds. The van der Waals surface area contributed by atoms with Gasteiger partial charge in [0.05, 0.1) is 27.2 Å². The summed E-state index contributed by atoms with van der Waals surface area (Å²) in [6.45, 7) is 0.157. The molecular weight excluding hydrogens is 158 g/mol. The van der Waals surface area contributed by atoms with Gasteiger partial charge in [0.25, 0.3) is 5.88 Å². The van der Waals surface area contributed by atoms with Crippen LogP contribution in [0.3, 0.4) is 0 Å². The van der Waals surface area contributed by atoms with Crippen molar-refractivity contribution < 1.29 is 18.8 Å². The summed E-state index contributed by atoms with van der Waals surface area (Å²) in [6, 6.07) is 0. The van der Waals surface area contributed by atoms with Gasteiger partial charge in [0.2, 0.25) is 0 Å². The molecule has 0 radical (unpaired) electrons. The fourth-order valence-electron chi connectivity index (χ4n) is 0.906. The van der Waals surface area contributed by atoms with E-state index in [1.165, 1.54) is 0 Å². The average molecular weight is 172 g/mol. The highest BCUT2D eigenvalue weighted by atomic mass is 16.7. The minimum absolute atomic E-state index is 0.157. The summed E-state index contributed by atoms with van der Waals surface area (Å²) in [7, 11) is 5.91. The van der Waals surface area contributed by atoms with E-state index in [1.807, 2.05) is 21.1 Å². The number of hydrogen-bond donors (Lipinski definition) is 0. The molecule has 12 heavy (non-hydrogen) atoms. The van der Waals surface area contributed by atoms with Crippen molar-refractivity contribution in [2.75, 3.05) is 27.9 Å².